The Kier molecular flexibility index (Phi) is 5.06. The van der Waals surface area contributed by atoms with Gasteiger partial charge in [-0.15, -0.1) is 0 Å². The number of aromatic nitrogens is 2. The Bertz CT molecular complexity index is 1060. The van der Waals surface area contributed by atoms with Gasteiger partial charge in [-0.3, -0.25) is 14.9 Å². The van der Waals surface area contributed by atoms with Crippen LogP contribution in [0.25, 0.3) is 6.08 Å². The van der Waals surface area contributed by atoms with Crippen molar-refractivity contribution in [2.24, 2.45) is 11.8 Å². The molecule has 4 amide bonds. The molecule has 1 aromatic carbocycles. The van der Waals surface area contributed by atoms with Gasteiger partial charge in [0.25, 0.3) is 11.1 Å². The third-order valence-electron chi connectivity index (χ3n) is 5.68. The fourth-order valence-corrected chi connectivity index (χ4v) is 4.87. The van der Waals surface area contributed by atoms with Crippen LogP contribution in [-0.4, -0.2) is 58.2 Å². The predicted octanol–water partition coefficient (Wildman–Crippen LogP) is 2.40. The molecule has 0 aliphatic carbocycles. The van der Waals surface area contributed by atoms with Crippen LogP contribution in [0.3, 0.4) is 0 Å². The van der Waals surface area contributed by atoms with Crippen molar-refractivity contribution in [2.45, 2.75) is 0 Å². The molecule has 2 unspecified atom stereocenters. The number of benzene rings is 1. The molecule has 2 aromatic rings. The molecule has 0 bridgehead atoms. The molecule has 1 aromatic heterocycles. The maximum absolute atomic E-state index is 12.6. The van der Waals surface area contributed by atoms with Crippen molar-refractivity contribution < 1.29 is 14.4 Å². The number of thioether (sulfide) groups is 1. The molecule has 10 heteroatoms. The van der Waals surface area contributed by atoms with E-state index < -0.39 is 5.91 Å². The molecule has 3 fully saturated rings. The summed E-state index contributed by atoms with van der Waals surface area (Å²) in [6, 6.07) is 11.2. The average Bonchev–Trinajstić information content (AvgIpc) is 3.42. The summed E-state index contributed by atoms with van der Waals surface area (Å²) in [6.45, 7) is 3.03. The summed E-state index contributed by atoms with van der Waals surface area (Å²) < 4.78 is 0. The number of amides is 4. The number of hydrogen-bond acceptors (Lipinski definition) is 7. The van der Waals surface area contributed by atoms with E-state index in [0.717, 1.165) is 36.4 Å². The van der Waals surface area contributed by atoms with Crippen molar-refractivity contribution in [3.63, 3.8) is 0 Å². The van der Waals surface area contributed by atoms with Crippen molar-refractivity contribution in [3.05, 3.63) is 53.3 Å². The standard InChI is InChI=1S/C21H20N6O3S/c28-19-16(31-21(30)25-19)8-17-22-7-6-18(24-17)26-9-13-11-27(12-14(13)10-26)20(29)23-15-4-2-1-3-5-15/h1-8,13-14H,9-12H2,(H,23,29)(H,25,28,30)/b16-8-. The van der Waals surface area contributed by atoms with Crippen LogP contribution in [0.2, 0.25) is 0 Å². The van der Waals surface area contributed by atoms with E-state index in [1.807, 2.05) is 41.3 Å². The molecule has 31 heavy (non-hydrogen) atoms. The highest BCUT2D eigenvalue weighted by atomic mass is 32.2. The van der Waals surface area contributed by atoms with Crippen LogP contribution in [0.15, 0.2) is 47.5 Å². The summed E-state index contributed by atoms with van der Waals surface area (Å²) in [6.07, 6.45) is 3.18. The Hall–Kier alpha value is -3.40. The van der Waals surface area contributed by atoms with Gasteiger partial charge < -0.3 is 15.1 Å². The molecule has 3 aliphatic heterocycles. The molecule has 9 nitrogen and oxygen atoms in total. The molecule has 3 aliphatic rings. The fraction of sp³-hybridized carbons (Fsp3) is 0.286. The zero-order valence-electron chi connectivity index (χ0n) is 16.5. The zero-order valence-corrected chi connectivity index (χ0v) is 17.3. The summed E-state index contributed by atoms with van der Waals surface area (Å²) in [7, 11) is 0. The number of rotatable bonds is 3. The smallest absolute Gasteiger partial charge is 0.321 e. The summed E-state index contributed by atoms with van der Waals surface area (Å²) in [5, 5.41) is 4.79. The molecule has 2 N–H and O–H groups in total. The van der Waals surface area contributed by atoms with E-state index in [9.17, 15) is 14.4 Å². The molecular weight excluding hydrogens is 416 g/mol. The number of likely N-dealkylation sites (tertiary alicyclic amines) is 1. The van der Waals surface area contributed by atoms with E-state index in [4.69, 9.17) is 0 Å². The number of nitrogens with zero attached hydrogens (tertiary/aromatic N) is 4. The van der Waals surface area contributed by atoms with Crippen molar-refractivity contribution >= 4 is 46.5 Å². The largest absolute Gasteiger partial charge is 0.356 e. The second kappa shape index (κ2) is 8.03. The monoisotopic (exact) mass is 436 g/mol. The number of hydrogen-bond donors (Lipinski definition) is 2. The molecule has 3 saturated heterocycles. The number of carbonyl (C=O) groups is 3. The lowest BCUT2D eigenvalue weighted by molar-refractivity contribution is -0.115. The number of urea groups is 1. The Labute approximate surface area is 182 Å². The zero-order chi connectivity index (χ0) is 21.4. The predicted molar refractivity (Wildman–Crippen MR) is 117 cm³/mol. The Morgan fingerprint density at radius 1 is 1.10 bits per heavy atom. The first kappa shape index (κ1) is 19.6. The minimum atomic E-state index is -0.423. The second-order valence-corrected chi connectivity index (χ2v) is 8.77. The minimum Gasteiger partial charge on any atom is -0.356 e. The van der Waals surface area contributed by atoms with Gasteiger partial charge in [-0.25, -0.2) is 14.8 Å². The van der Waals surface area contributed by atoms with Gasteiger partial charge in [-0.2, -0.15) is 0 Å². The van der Waals surface area contributed by atoms with Gasteiger partial charge in [0, 0.05) is 56.0 Å². The average molecular weight is 436 g/mol. The Morgan fingerprint density at radius 3 is 2.52 bits per heavy atom. The molecule has 158 valence electrons. The maximum atomic E-state index is 12.6. The lowest BCUT2D eigenvalue weighted by Gasteiger charge is -2.22. The highest BCUT2D eigenvalue weighted by Gasteiger charge is 2.42. The van der Waals surface area contributed by atoms with Gasteiger partial charge in [0.2, 0.25) is 0 Å². The van der Waals surface area contributed by atoms with E-state index >= 15 is 0 Å². The van der Waals surface area contributed by atoms with Gasteiger partial charge in [0.05, 0.1) is 4.91 Å². The van der Waals surface area contributed by atoms with E-state index in [1.165, 1.54) is 6.08 Å². The summed E-state index contributed by atoms with van der Waals surface area (Å²) in [4.78, 5) is 48.8. The number of imide groups is 1. The third kappa shape index (κ3) is 4.11. The van der Waals surface area contributed by atoms with Gasteiger partial charge >= 0.3 is 6.03 Å². The number of fused-ring (bicyclic) bond motifs is 1. The van der Waals surface area contributed by atoms with Crippen LogP contribution in [0.4, 0.5) is 21.1 Å². The van der Waals surface area contributed by atoms with E-state index in [0.29, 0.717) is 35.7 Å². The number of nitrogens with one attached hydrogen (secondary N) is 2. The van der Waals surface area contributed by atoms with Crippen LogP contribution < -0.4 is 15.5 Å². The van der Waals surface area contributed by atoms with Crippen LogP contribution in [-0.2, 0) is 4.79 Å². The van der Waals surface area contributed by atoms with Crippen molar-refractivity contribution in [3.8, 4) is 0 Å². The van der Waals surface area contributed by atoms with Crippen molar-refractivity contribution in [1.29, 1.82) is 0 Å². The number of para-hydroxylation sites is 1. The number of anilines is 2. The lowest BCUT2D eigenvalue weighted by atomic mass is 10.0. The maximum Gasteiger partial charge on any atom is 0.321 e. The molecule has 0 radical (unpaired) electrons. The van der Waals surface area contributed by atoms with E-state index in [2.05, 4.69) is 25.5 Å². The van der Waals surface area contributed by atoms with Gasteiger partial charge in [-0.1, -0.05) is 18.2 Å². The molecular formula is C21H20N6O3S. The fourth-order valence-electron chi connectivity index (χ4n) is 4.22. The van der Waals surface area contributed by atoms with Gasteiger partial charge in [0.1, 0.15) is 5.82 Å². The Balaban J connectivity index is 1.22. The third-order valence-corrected chi connectivity index (χ3v) is 6.49. The highest BCUT2D eigenvalue weighted by Crippen LogP contribution is 2.34. The molecule has 0 saturated carbocycles. The molecule has 0 spiro atoms. The minimum absolute atomic E-state index is 0.0648. The first-order chi connectivity index (χ1) is 15.0. The molecule has 2 atom stereocenters. The first-order valence-corrected chi connectivity index (χ1v) is 10.8. The summed E-state index contributed by atoms with van der Waals surface area (Å²) in [5.74, 6) is 1.52. The lowest BCUT2D eigenvalue weighted by Crippen LogP contribution is -2.36. The van der Waals surface area contributed by atoms with Gasteiger partial charge in [-0.05, 0) is 30.0 Å². The van der Waals surface area contributed by atoms with E-state index in [-0.39, 0.29) is 11.3 Å². The second-order valence-electron chi connectivity index (χ2n) is 7.75. The van der Waals surface area contributed by atoms with E-state index in [1.54, 1.807) is 6.20 Å². The topological polar surface area (TPSA) is 108 Å². The Morgan fingerprint density at radius 2 is 1.84 bits per heavy atom. The van der Waals surface area contributed by atoms with Crippen molar-refractivity contribution in [2.75, 3.05) is 36.4 Å². The molecule has 5 rings (SSSR count). The van der Waals surface area contributed by atoms with Crippen molar-refractivity contribution in [1.82, 2.24) is 20.2 Å². The SMILES string of the molecule is O=C1NC(=O)/C(=C/c2nccc(N3CC4CN(C(=O)Nc5ccccc5)CC4C3)n2)S1. The van der Waals surface area contributed by atoms with Crippen LogP contribution in [0.5, 0.6) is 0 Å². The van der Waals surface area contributed by atoms with Gasteiger partial charge in [0.15, 0.2) is 5.82 Å². The summed E-state index contributed by atoms with van der Waals surface area (Å²) >= 11 is 0.848. The normalized spacial score (nSPS) is 23.9. The quantitative estimate of drug-likeness (QED) is 0.712. The molecule has 4 heterocycles. The number of carbonyl (C=O) groups excluding carboxylic acids is 3. The van der Waals surface area contributed by atoms with Crippen LogP contribution in [0.1, 0.15) is 5.82 Å². The summed E-state index contributed by atoms with van der Waals surface area (Å²) in [5.41, 5.74) is 0.796. The first-order valence-electron chi connectivity index (χ1n) is 9.99. The highest BCUT2D eigenvalue weighted by molar-refractivity contribution is 8.18. The van der Waals surface area contributed by atoms with Crippen LogP contribution >= 0.6 is 11.8 Å². The van der Waals surface area contributed by atoms with Crippen LogP contribution in [0, 0.1) is 11.8 Å².